The van der Waals surface area contributed by atoms with E-state index >= 15 is 0 Å². The summed E-state index contributed by atoms with van der Waals surface area (Å²) in [6, 6.07) is 7.82. The molecule has 27 heavy (non-hydrogen) atoms. The van der Waals surface area contributed by atoms with E-state index in [1.54, 1.807) is 39.0 Å². The molecular formula is C18H21N3O6. The van der Waals surface area contributed by atoms with Gasteiger partial charge in [-0.1, -0.05) is 6.07 Å². The van der Waals surface area contributed by atoms with Crippen molar-refractivity contribution in [2.75, 3.05) is 7.11 Å². The van der Waals surface area contributed by atoms with Crippen molar-refractivity contribution in [2.45, 2.75) is 32.9 Å². The third-order valence-corrected chi connectivity index (χ3v) is 3.21. The number of rotatable bonds is 6. The van der Waals surface area contributed by atoms with Gasteiger partial charge < -0.3 is 19.5 Å². The topological polar surface area (TPSA) is 113 Å². The predicted octanol–water partition coefficient (Wildman–Crippen LogP) is 3.82. The molecule has 9 heteroatoms. The van der Waals surface area contributed by atoms with Crippen molar-refractivity contribution in [3.05, 3.63) is 52.2 Å². The Morgan fingerprint density at radius 3 is 2.52 bits per heavy atom. The van der Waals surface area contributed by atoms with Crippen LogP contribution in [-0.4, -0.2) is 28.7 Å². The number of hydrogen-bond donors (Lipinski definition) is 1. The van der Waals surface area contributed by atoms with Crippen LogP contribution in [0.3, 0.4) is 0 Å². The van der Waals surface area contributed by atoms with E-state index < -0.39 is 16.6 Å². The molecule has 1 N–H and O–H groups in total. The molecule has 0 saturated carbocycles. The fourth-order valence-corrected chi connectivity index (χ4v) is 2.05. The van der Waals surface area contributed by atoms with Gasteiger partial charge in [-0.05, 0) is 38.5 Å². The number of amides is 1. The van der Waals surface area contributed by atoms with Crippen LogP contribution in [0, 0.1) is 10.1 Å². The number of benzene rings is 1. The first-order valence-electron chi connectivity index (χ1n) is 8.10. The van der Waals surface area contributed by atoms with Gasteiger partial charge >= 0.3 is 6.09 Å². The minimum Gasteiger partial charge on any atom is -0.493 e. The summed E-state index contributed by atoms with van der Waals surface area (Å²) in [7, 11) is 1.48. The Balaban J connectivity index is 2.05. The summed E-state index contributed by atoms with van der Waals surface area (Å²) >= 11 is 0. The van der Waals surface area contributed by atoms with Gasteiger partial charge in [-0.15, -0.1) is 0 Å². The molecule has 2 rings (SSSR count). The number of alkyl carbamates (subject to hydrolysis) is 1. The zero-order chi connectivity index (χ0) is 20.0. The van der Waals surface area contributed by atoms with Crippen molar-refractivity contribution >= 4 is 11.8 Å². The second-order valence-electron chi connectivity index (χ2n) is 6.55. The summed E-state index contributed by atoms with van der Waals surface area (Å²) in [5.41, 5.74) is 0.0802. The molecule has 0 saturated heterocycles. The van der Waals surface area contributed by atoms with E-state index in [4.69, 9.17) is 14.2 Å². The van der Waals surface area contributed by atoms with Gasteiger partial charge in [0.15, 0.2) is 11.5 Å². The normalized spacial score (nSPS) is 10.8. The SMILES string of the molecule is COc1cc(CNC(=O)OC(C)(C)C)ccc1Oc1ccc([N+](=O)[O-])cn1. The number of methoxy groups -OCH3 is 1. The molecule has 0 bridgehead atoms. The molecule has 0 aliphatic heterocycles. The zero-order valence-corrected chi connectivity index (χ0v) is 15.5. The number of carbonyl (C=O) groups excluding carboxylic acids is 1. The maximum atomic E-state index is 11.7. The van der Waals surface area contributed by atoms with Gasteiger partial charge in [0.1, 0.15) is 11.8 Å². The van der Waals surface area contributed by atoms with E-state index in [-0.39, 0.29) is 18.1 Å². The first-order chi connectivity index (χ1) is 12.7. The molecule has 1 amide bonds. The van der Waals surface area contributed by atoms with E-state index in [2.05, 4.69) is 10.3 Å². The summed E-state index contributed by atoms with van der Waals surface area (Å²) in [5.74, 6) is 1.01. The molecule has 0 aliphatic rings. The summed E-state index contributed by atoms with van der Waals surface area (Å²) in [4.78, 5) is 25.7. The van der Waals surface area contributed by atoms with Gasteiger partial charge in [-0.3, -0.25) is 10.1 Å². The van der Waals surface area contributed by atoms with Crippen LogP contribution in [0.2, 0.25) is 0 Å². The summed E-state index contributed by atoms with van der Waals surface area (Å²) < 4.78 is 16.1. The van der Waals surface area contributed by atoms with Crippen molar-refractivity contribution < 1.29 is 23.9 Å². The van der Waals surface area contributed by atoms with Crippen molar-refractivity contribution in [2.24, 2.45) is 0 Å². The number of carbonyl (C=O) groups is 1. The van der Waals surface area contributed by atoms with Crippen molar-refractivity contribution in [1.82, 2.24) is 10.3 Å². The van der Waals surface area contributed by atoms with E-state index in [1.165, 1.54) is 19.2 Å². The quantitative estimate of drug-likeness (QED) is 0.603. The Morgan fingerprint density at radius 1 is 1.22 bits per heavy atom. The summed E-state index contributed by atoms with van der Waals surface area (Å²) in [5, 5.41) is 13.3. The number of nitrogens with one attached hydrogen (secondary N) is 1. The third kappa shape index (κ3) is 6.14. The Morgan fingerprint density at radius 2 is 1.96 bits per heavy atom. The molecule has 0 aliphatic carbocycles. The van der Waals surface area contributed by atoms with Crippen LogP contribution in [0.25, 0.3) is 0 Å². The molecule has 0 radical (unpaired) electrons. The molecule has 1 aromatic heterocycles. The van der Waals surface area contributed by atoms with Crippen LogP contribution in [0.15, 0.2) is 36.5 Å². The maximum absolute atomic E-state index is 11.7. The van der Waals surface area contributed by atoms with Crippen molar-refractivity contribution in [3.8, 4) is 17.4 Å². The average molecular weight is 375 g/mol. The van der Waals surface area contributed by atoms with Crippen LogP contribution >= 0.6 is 0 Å². The molecule has 9 nitrogen and oxygen atoms in total. The highest BCUT2D eigenvalue weighted by Crippen LogP contribution is 2.32. The number of nitro groups is 1. The standard InChI is InChI=1S/C18H21N3O6/c1-18(2,3)27-17(22)20-10-12-5-7-14(15(9-12)25-4)26-16-8-6-13(11-19-16)21(23)24/h5-9,11H,10H2,1-4H3,(H,20,22). The number of ether oxygens (including phenoxy) is 3. The number of nitrogens with zero attached hydrogens (tertiary/aromatic N) is 2. The highest BCUT2D eigenvalue weighted by atomic mass is 16.6. The second kappa shape index (κ2) is 8.35. The fraction of sp³-hybridized carbons (Fsp3) is 0.333. The zero-order valence-electron chi connectivity index (χ0n) is 15.5. The first kappa shape index (κ1) is 20.0. The molecule has 0 unspecified atom stereocenters. The molecule has 1 aromatic carbocycles. The van der Waals surface area contributed by atoms with Gasteiger partial charge in [0.05, 0.1) is 12.0 Å². The van der Waals surface area contributed by atoms with Gasteiger partial charge in [0.25, 0.3) is 5.69 Å². The van der Waals surface area contributed by atoms with Crippen LogP contribution in [0.5, 0.6) is 17.4 Å². The van der Waals surface area contributed by atoms with E-state index in [9.17, 15) is 14.9 Å². The Hall–Kier alpha value is -3.36. The Kier molecular flexibility index (Phi) is 6.17. The lowest BCUT2D eigenvalue weighted by atomic mass is 10.2. The van der Waals surface area contributed by atoms with Crippen LogP contribution in [0.1, 0.15) is 26.3 Å². The van der Waals surface area contributed by atoms with Gasteiger partial charge in [0, 0.05) is 18.7 Å². The lowest BCUT2D eigenvalue weighted by Gasteiger charge is -2.19. The largest absolute Gasteiger partial charge is 0.493 e. The van der Waals surface area contributed by atoms with Gasteiger partial charge in [-0.25, -0.2) is 9.78 Å². The molecule has 0 atom stereocenters. The maximum Gasteiger partial charge on any atom is 0.407 e. The summed E-state index contributed by atoms with van der Waals surface area (Å²) in [6.45, 7) is 5.61. The lowest BCUT2D eigenvalue weighted by Crippen LogP contribution is -2.32. The van der Waals surface area contributed by atoms with Crippen molar-refractivity contribution in [1.29, 1.82) is 0 Å². The molecule has 1 heterocycles. The smallest absolute Gasteiger partial charge is 0.407 e. The Bertz CT molecular complexity index is 815. The monoisotopic (exact) mass is 375 g/mol. The number of hydrogen-bond acceptors (Lipinski definition) is 7. The van der Waals surface area contributed by atoms with E-state index in [1.807, 2.05) is 0 Å². The van der Waals surface area contributed by atoms with Gasteiger partial charge in [-0.2, -0.15) is 0 Å². The first-order valence-corrected chi connectivity index (χ1v) is 8.10. The van der Waals surface area contributed by atoms with Crippen LogP contribution in [-0.2, 0) is 11.3 Å². The number of pyridine rings is 1. The summed E-state index contributed by atoms with van der Waals surface area (Å²) in [6.07, 6.45) is 0.595. The van der Waals surface area contributed by atoms with Crippen molar-refractivity contribution in [3.63, 3.8) is 0 Å². The third-order valence-electron chi connectivity index (χ3n) is 3.21. The molecule has 2 aromatic rings. The molecule has 0 spiro atoms. The van der Waals surface area contributed by atoms with E-state index in [0.29, 0.717) is 11.5 Å². The van der Waals surface area contributed by atoms with Gasteiger partial charge in [0.2, 0.25) is 5.88 Å². The minimum atomic E-state index is -0.572. The average Bonchev–Trinajstić information content (AvgIpc) is 2.59. The van der Waals surface area contributed by atoms with Crippen LogP contribution < -0.4 is 14.8 Å². The highest BCUT2D eigenvalue weighted by Gasteiger charge is 2.16. The minimum absolute atomic E-state index is 0.127. The predicted molar refractivity (Wildman–Crippen MR) is 97.0 cm³/mol. The fourth-order valence-electron chi connectivity index (χ4n) is 2.05. The molecular weight excluding hydrogens is 354 g/mol. The molecule has 144 valence electrons. The van der Waals surface area contributed by atoms with E-state index in [0.717, 1.165) is 11.8 Å². The molecule has 0 fully saturated rings. The van der Waals surface area contributed by atoms with Crippen LogP contribution in [0.4, 0.5) is 10.5 Å². The number of aromatic nitrogens is 1. The Labute approximate surface area is 156 Å². The second-order valence-corrected chi connectivity index (χ2v) is 6.55. The highest BCUT2D eigenvalue weighted by molar-refractivity contribution is 5.67. The lowest BCUT2D eigenvalue weighted by molar-refractivity contribution is -0.385.